The van der Waals surface area contributed by atoms with E-state index in [9.17, 15) is 31.6 Å². The minimum atomic E-state index is -4.06. The first-order valence-electron chi connectivity index (χ1n) is 13.3. The van der Waals surface area contributed by atoms with Crippen molar-refractivity contribution in [1.82, 2.24) is 13.9 Å². The van der Waals surface area contributed by atoms with Crippen molar-refractivity contribution in [2.45, 2.75) is 18.7 Å². The summed E-state index contributed by atoms with van der Waals surface area (Å²) >= 11 is 0. The molecular weight excluding hydrogens is 594 g/mol. The van der Waals surface area contributed by atoms with Crippen LogP contribution in [0.3, 0.4) is 0 Å². The molecule has 1 atom stereocenters. The van der Waals surface area contributed by atoms with Crippen molar-refractivity contribution in [2.75, 3.05) is 4.90 Å². The largest absolute Gasteiger partial charge is 0.454 e. The molecule has 0 aliphatic carbocycles. The second-order valence-corrected chi connectivity index (χ2v) is 12.1. The van der Waals surface area contributed by atoms with Gasteiger partial charge in [0.15, 0.2) is 11.6 Å². The summed E-state index contributed by atoms with van der Waals surface area (Å²) in [5, 5.41) is 2.75. The molecule has 0 radical (unpaired) electrons. The Morgan fingerprint density at radius 3 is 2.32 bits per heavy atom. The fraction of sp³-hybridized carbons (Fsp3) is 0.129. The lowest BCUT2D eigenvalue weighted by Crippen LogP contribution is -2.30. The monoisotopic (exact) mass is 618 g/mol. The molecule has 0 saturated carbocycles. The number of aromatic nitrogens is 2. The van der Waals surface area contributed by atoms with E-state index in [1.165, 1.54) is 55.2 Å². The Morgan fingerprint density at radius 1 is 0.909 bits per heavy atom. The van der Waals surface area contributed by atoms with Crippen molar-refractivity contribution in [1.29, 1.82) is 0 Å². The number of halogens is 2. The molecule has 0 spiro atoms. The molecule has 6 rings (SSSR count). The van der Waals surface area contributed by atoms with E-state index in [2.05, 4.69) is 5.32 Å². The first-order valence-corrected chi connectivity index (χ1v) is 14.9. The summed E-state index contributed by atoms with van der Waals surface area (Å²) in [6, 6.07) is 15.6. The second-order valence-electron chi connectivity index (χ2n) is 10.3. The quantitative estimate of drug-likeness (QED) is 0.259. The summed E-state index contributed by atoms with van der Waals surface area (Å²) in [7, 11) is -2.62. The molecule has 10 nitrogen and oxygen atoms in total. The van der Waals surface area contributed by atoms with Crippen LogP contribution in [0.2, 0.25) is 0 Å². The van der Waals surface area contributed by atoms with Crippen molar-refractivity contribution in [3.05, 3.63) is 113 Å². The minimum Gasteiger partial charge on any atom is -0.454 e. The predicted molar refractivity (Wildman–Crippen MR) is 159 cm³/mol. The van der Waals surface area contributed by atoms with E-state index in [4.69, 9.17) is 4.74 Å². The molecule has 1 aliphatic heterocycles. The van der Waals surface area contributed by atoms with Crippen LogP contribution < -0.4 is 20.5 Å². The molecule has 5 aromatic rings. The van der Waals surface area contributed by atoms with E-state index in [0.29, 0.717) is 11.6 Å². The zero-order valence-corrected chi connectivity index (χ0v) is 24.1. The van der Waals surface area contributed by atoms with E-state index in [1.807, 2.05) is 0 Å². The molecule has 44 heavy (non-hydrogen) atoms. The number of nitrogens with one attached hydrogen (secondary N) is 1. The number of anilines is 1. The normalized spacial score (nSPS) is 15.2. The zero-order chi connectivity index (χ0) is 31.3. The van der Waals surface area contributed by atoms with Gasteiger partial charge in [-0.05, 0) is 48.9 Å². The fourth-order valence-electron chi connectivity index (χ4n) is 5.11. The molecule has 1 N–H and O–H groups in total. The van der Waals surface area contributed by atoms with Gasteiger partial charge >= 0.3 is 6.03 Å². The molecule has 1 fully saturated rings. The van der Waals surface area contributed by atoms with Crippen LogP contribution in [-0.4, -0.2) is 34.9 Å². The number of fused-ring (bicyclic) bond motifs is 1. The van der Waals surface area contributed by atoms with E-state index in [-0.39, 0.29) is 45.0 Å². The Bertz CT molecular complexity index is 2140. The van der Waals surface area contributed by atoms with Crippen LogP contribution in [0, 0.1) is 11.6 Å². The molecule has 3 aromatic carbocycles. The molecule has 224 valence electrons. The van der Waals surface area contributed by atoms with Gasteiger partial charge in [0.1, 0.15) is 23.1 Å². The van der Waals surface area contributed by atoms with Gasteiger partial charge in [-0.15, -0.1) is 0 Å². The molecule has 2 aromatic heterocycles. The van der Waals surface area contributed by atoms with Gasteiger partial charge in [0.25, 0.3) is 11.5 Å². The number of pyridine rings is 1. The molecule has 0 bridgehead atoms. The number of amides is 3. The van der Waals surface area contributed by atoms with Gasteiger partial charge in [-0.3, -0.25) is 9.59 Å². The molecular formula is C31H24F2N4O6S. The van der Waals surface area contributed by atoms with Crippen molar-refractivity contribution >= 4 is 38.6 Å². The van der Waals surface area contributed by atoms with Crippen LogP contribution in [0.4, 0.5) is 19.3 Å². The summed E-state index contributed by atoms with van der Waals surface area (Å²) in [5.41, 5.74) is 0.414. The van der Waals surface area contributed by atoms with Gasteiger partial charge in [0, 0.05) is 42.0 Å². The Kier molecular flexibility index (Phi) is 7.04. The number of urea groups is 1. The summed E-state index contributed by atoms with van der Waals surface area (Å²) in [6.45, 7) is 1.53. The summed E-state index contributed by atoms with van der Waals surface area (Å²) in [4.78, 5) is 39.8. The number of imide groups is 1. The SMILES string of the molecule is CC1NC(=O)N(c2ccc(Oc3ccc(F)cc3F)c(-c3cn(C)c(=O)c4c3ccn4S(=O)(=O)Cc3ccccc3)c2)C1=O. The number of carbonyl (C=O) groups excluding carboxylic acids is 2. The highest BCUT2D eigenvalue weighted by molar-refractivity contribution is 7.89. The fourth-order valence-corrected chi connectivity index (χ4v) is 6.57. The van der Waals surface area contributed by atoms with Crippen molar-refractivity contribution < 1.29 is 31.5 Å². The lowest BCUT2D eigenvalue weighted by atomic mass is 10.0. The molecule has 1 saturated heterocycles. The van der Waals surface area contributed by atoms with Gasteiger partial charge in [0.2, 0.25) is 10.0 Å². The predicted octanol–water partition coefficient (Wildman–Crippen LogP) is 4.90. The first kappa shape index (κ1) is 28.8. The number of benzene rings is 3. The van der Waals surface area contributed by atoms with E-state index in [1.54, 1.807) is 30.3 Å². The van der Waals surface area contributed by atoms with Crippen LogP contribution in [0.5, 0.6) is 11.5 Å². The van der Waals surface area contributed by atoms with Crippen molar-refractivity contribution in [3.8, 4) is 22.6 Å². The summed E-state index contributed by atoms with van der Waals surface area (Å²) < 4.78 is 63.2. The number of hydrogen-bond acceptors (Lipinski definition) is 6. The number of hydrogen-bond donors (Lipinski definition) is 1. The Labute approximate surface area is 249 Å². The molecule has 3 heterocycles. The van der Waals surface area contributed by atoms with Gasteiger partial charge in [0.05, 0.1) is 11.4 Å². The lowest BCUT2D eigenvalue weighted by Gasteiger charge is -2.18. The molecule has 3 amide bonds. The van der Waals surface area contributed by atoms with Gasteiger partial charge in [-0.25, -0.2) is 30.9 Å². The van der Waals surface area contributed by atoms with Crippen LogP contribution in [-0.2, 0) is 27.6 Å². The first-order chi connectivity index (χ1) is 20.9. The number of rotatable bonds is 7. The van der Waals surface area contributed by atoms with Crippen LogP contribution in [0.25, 0.3) is 22.0 Å². The maximum absolute atomic E-state index is 14.6. The number of carbonyl (C=O) groups is 2. The molecule has 1 unspecified atom stereocenters. The second kappa shape index (κ2) is 10.8. The summed E-state index contributed by atoms with van der Waals surface area (Å²) in [5.74, 6) is -2.96. The molecule has 13 heteroatoms. The van der Waals surface area contributed by atoms with Gasteiger partial charge < -0.3 is 14.6 Å². The third kappa shape index (κ3) is 5.00. The maximum Gasteiger partial charge on any atom is 0.329 e. The minimum absolute atomic E-state index is 0.0270. The highest BCUT2D eigenvalue weighted by Crippen LogP contribution is 2.40. The Hall–Kier alpha value is -5.30. The lowest BCUT2D eigenvalue weighted by molar-refractivity contribution is -0.117. The van der Waals surface area contributed by atoms with Crippen molar-refractivity contribution in [2.24, 2.45) is 7.05 Å². The maximum atomic E-state index is 14.6. The highest BCUT2D eigenvalue weighted by atomic mass is 32.2. The van der Waals surface area contributed by atoms with Crippen LogP contribution in [0.15, 0.2) is 90.0 Å². The third-order valence-corrected chi connectivity index (χ3v) is 8.84. The Balaban J connectivity index is 1.56. The topological polar surface area (TPSA) is 120 Å². The van der Waals surface area contributed by atoms with E-state index < -0.39 is 45.2 Å². The Morgan fingerprint density at radius 2 is 1.64 bits per heavy atom. The highest BCUT2D eigenvalue weighted by Gasteiger charge is 2.36. The number of nitrogens with zero attached hydrogens (tertiary/aromatic N) is 3. The zero-order valence-electron chi connectivity index (χ0n) is 23.3. The molecule has 1 aliphatic rings. The van der Waals surface area contributed by atoms with E-state index in [0.717, 1.165) is 21.0 Å². The average molecular weight is 619 g/mol. The smallest absolute Gasteiger partial charge is 0.329 e. The van der Waals surface area contributed by atoms with Gasteiger partial charge in [-0.1, -0.05) is 30.3 Å². The van der Waals surface area contributed by atoms with E-state index >= 15 is 0 Å². The summed E-state index contributed by atoms with van der Waals surface area (Å²) in [6.07, 6.45) is 2.72. The van der Waals surface area contributed by atoms with Gasteiger partial charge in [-0.2, -0.15) is 0 Å². The standard InChI is InChI=1S/C31H24F2N4O6S/c1-18-29(38)37(31(40)34-18)21-9-11-26(43-27-10-8-20(32)14-25(27)33)23(15-21)24-16-35(2)30(39)28-22(24)12-13-36(28)44(41,42)17-19-6-4-3-5-7-19/h3-16,18H,17H2,1-2H3,(H,34,40). The number of aryl methyl sites for hydroxylation is 1. The van der Waals surface area contributed by atoms with Crippen molar-refractivity contribution in [3.63, 3.8) is 0 Å². The van der Waals surface area contributed by atoms with Crippen LogP contribution >= 0.6 is 0 Å². The number of ether oxygens (including phenoxy) is 1. The third-order valence-electron chi connectivity index (χ3n) is 7.24. The average Bonchev–Trinajstić information content (AvgIpc) is 3.54. The van der Waals surface area contributed by atoms with Crippen LogP contribution in [0.1, 0.15) is 12.5 Å².